The van der Waals surface area contributed by atoms with E-state index in [1.165, 1.54) is 0 Å². The van der Waals surface area contributed by atoms with Gasteiger partial charge in [0.15, 0.2) is 0 Å². The lowest BCUT2D eigenvalue weighted by Gasteiger charge is -2.12. The summed E-state index contributed by atoms with van der Waals surface area (Å²) in [6, 6.07) is 0. The first kappa shape index (κ1) is 4.31. The highest BCUT2D eigenvalue weighted by Crippen LogP contribution is 2.18. The molecule has 1 heteroatoms. The van der Waals surface area contributed by atoms with E-state index in [4.69, 9.17) is 0 Å². The summed E-state index contributed by atoms with van der Waals surface area (Å²) in [5.41, 5.74) is 0.926. The summed E-state index contributed by atoms with van der Waals surface area (Å²) in [4.78, 5) is 9.89. The Hall–Kier alpha value is -0.850. The monoisotopic (exact) mass is 94.0 g/mol. The first-order valence-corrected chi connectivity index (χ1v) is 2.17. The van der Waals surface area contributed by atoms with Crippen molar-refractivity contribution in [2.24, 2.45) is 5.92 Å². The number of carbonyl (C=O) groups is 1. The van der Waals surface area contributed by atoms with E-state index in [9.17, 15) is 4.79 Å². The lowest BCUT2D eigenvalue weighted by Crippen LogP contribution is -2.06. The minimum Gasteiger partial charge on any atom is -0.302 e. The molecule has 36 valence electrons. The Bertz CT molecular complexity index is 133. The van der Waals surface area contributed by atoms with Crippen LogP contribution in [0.2, 0.25) is 0 Å². The summed E-state index contributed by atoms with van der Waals surface area (Å²) in [5.74, 6) is 0.0278. The lowest BCUT2D eigenvalue weighted by atomic mass is 9.92. The zero-order valence-corrected chi connectivity index (χ0v) is 3.92. The summed E-state index contributed by atoms with van der Waals surface area (Å²) < 4.78 is 0. The predicted octanol–water partition coefficient (Wildman–Crippen LogP) is 0.927. The first-order chi connectivity index (χ1) is 3.34. The zero-order chi connectivity index (χ0) is 5.28. The fourth-order valence-corrected chi connectivity index (χ4v) is 0.476. The molecule has 0 aromatic heterocycles. The third-order valence-electron chi connectivity index (χ3n) is 1.09. The van der Waals surface area contributed by atoms with Crippen LogP contribution in [0.4, 0.5) is 0 Å². The van der Waals surface area contributed by atoms with Gasteiger partial charge in [0, 0.05) is 0 Å². The molecule has 0 aromatic carbocycles. The molecule has 1 aliphatic carbocycles. The van der Waals surface area contributed by atoms with Gasteiger partial charge >= 0.3 is 0 Å². The number of allylic oxidation sites excluding steroid dienone is 3. The van der Waals surface area contributed by atoms with Crippen LogP contribution in [0.3, 0.4) is 0 Å². The second-order valence-electron chi connectivity index (χ2n) is 1.60. The Labute approximate surface area is 42.3 Å². The van der Waals surface area contributed by atoms with Gasteiger partial charge in [-0.05, 0) is 5.57 Å². The third kappa shape index (κ3) is 0.496. The van der Waals surface area contributed by atoms with Gasteiger partial charge in [-0.25, -0.2) is 0 Å². The average molecular weight is 94.1 g/mol. The molecule has 1 aliphatic rings. The Kier molecular flexibility index (Phi) is 0.823. The molecular weight excluding hydrogens is 88.1 g/mol. The van der Waals surface area contributed by atoms with Crippen molar-refractivity contribution in [2.45, 2.75) is 0 Å². The van der Waals surface area contributed by atoms with E-state index in [-0.39, 0.29) is 5.92 Å². The molecule has 0 aliphatic heterocycles. The van der Waals surface area contributed by atoms with Crippen LogP contribution in [0.5, 0.6) is 0 Å². The lowest BCUT2D eigenvalue weighted by molar-refractivity contribution is -0.109. The highest BCUT2D eigenvalue weighted by molar-refractivity contribution is 5.67. The summed E-state index contributed by atoms with van der Waals surface area (Å²) >= 11 is 0. The third-order valence-corrected chi connectivity index (χ3v) is 1.09. The second-order valence-corrected chi connectivity index (χ2v) is 1.60. The van der Waals surface area contributed by atoms with E-state index in [1.54, 1.807) is 0 Å². The Morgan fingerprint density at radius 2 is 2.57 bits per heavy atom. The molecule has 0 heterocycles. The highest BCUT2D eigenvalue weighted by atomic mass is 16.1. The molecule has 0 saturated carbocycles. The predicted molar refractivity (Wildman–Crippen MR) is 27.8 cm³/mol. The average Bonchev–Trinajstić information content (AvgIpc) is 1.65. The van der Waals surface area contributed by atoms with E-state index in [0.29, 0.717) is 0 Å². The highest BCUT2D eigenvalue weighted by Gasteiger charge is 2.11. The molecule has 1 nitrogen and oxygen atoms in total. The van der Waals surface area contributed by atoms with Crippen LogP contribution in [-0.2, 0) is 4.79 Å². The minimum atomic E-state index is 0.0278. The van der Waals surface area contributed by atoms with Crippen LogP contribution in [0, 0.1) is 5.92 Å². The van der Waals surface area contributed by atoms with Gasteiger partial charge < -0.3 is 4.79 Å². The van der Waals surface area contributed by atoms with Gasteiger partial charge in [0.05, 0.1) is 5.92 Å². The van der Waals surface area contributed by atoms with Gasteiger partial charge in [-0.15, -0.1) is 0 Å². The molecular formula is C6H6O. The Balaban J connectivity index is 2.65. The molecule has 0 saturated heterocycles. The maximum atomic E-state index is 9.89. The summed E-state index contributed by atoms with van der Waals surface area (Å²) in [6.07, 6.45) is 4.57. The molecule has 1 atom stereocenters. The van der Waals surface area contributed by atoms with Gasteiger partial charge in [-0.1, -0.05) is 18.7 Å². The topological polar surface area (TPSA) is 17.1 Å². The largest absolute Gasteiger partial charge is 0.302 e. The molecule has 0 spiro atoms. The van der Waals surface area contributed by atoms with E-state index in [0.717, 1.165) is 11.9 Å². The maximum Gasteiger partial charge on any atom is 0.131 e. The van der Waals surface area contributed by atoms with Crippen molar-refractivity contribution >= 4 is 6.29 Å². The molecule has 0 fully saturated rings. The number of carbonyl (C=O) groups excluding carboxylic acids is 1. The van der Waals surface area contributed by atoms with Crippen molar-refractivity contribution < 1.29 is 4.79 Å². The number of hydrogen-bond acceptors (Lipinski definition) is 1. The van der Waals surface area contributed by atoms with Gasteiger partial charge in [-0.2, -0.15) is 0 Å². The van der Waals surface area contributed by atoms with Gasteiger partial charge in [0.2, 0.25) is 0 Å². The van der Waals surface area contributed by atoms with Crippen LogP contribution in [0.25, 0.3) is 0 Å². The van der Waals surface area contributed by atoms with Gasteiger partial charge in [0.25, 0.3) is 0 Å². The molecule has 7 heavy (non-hydrogen) atoms. The first-order valence-electron chi connectivity index (χ1n) is 2.17. The van der Waals surface area contributed by atoms with E-state index in [2.05, 4.69) is 6.58 Å². The molecule has 0 radical (unpaired) electrons. The smallest absolute Gasteiger partial charge is 0.131 e. The summed E-state index contributed by atoms with van der Waals surface area (Å²) in [7, 11) is 0. The number of rotatable bonds is 1. The van der Waals surface area contributed by atoms with Gasteiger partial charge in [-0.3, -0.25) is 0 Å². The normalized spacial score (nSPS) is 26.9. The molecule has 0 N–H and O–H groups in total. The van der Waals surface area contributed by atoms with E-state index < -0.39 is 0 Å². The Morgan fingerprint density at radius 3 is 2.57 bits per heavy atom. The summed E-state index contributed by atoms with van der Waals surface area (Å²) in [6.45, 7) is 3.59. The number of aldehydes is 1. The molecule has 0 aromatic rings. The van der Waals surface area contributed by atoms with E-state index >= 15 is 0 Å². The molecule has 0 bridgehead atoms. The van der Waals surface area contributed by atoms with Crippen molar-refractivity contribution in [3.63, 3.8) is 0 Å². The summed E-state index contributed by atoms with van der Waals surface area (Å²) in [5, 5.41) is 0. The van der Waals surface area contributed by atoms with Crippen molar-refractivity contribution in [3.05, 3.63) is 24.3 Å². The minimum absolute atomic E-state index is 0.0278. The zero-order valence-electron chi connectivity index (χ0n) is 3.92. The van der Waals surface area contributed by atoms with Gasteiger partial charge in [0.1, 0.15) is 6.29 Å². The standard InChI is InChI=1S/C6H6O/c1-5-2-3-6(5)4-7/h2-4,6H,1H2. The van der Waals surface area contributed by atoms with Crippen LogP contribution in [-0.4, -0.2) is 6.29 Å². The van der Waals surface area contributed by atoms with Crippen LogP contribution >= 0.6 is 0 Å². The Morgan fingerprint density at radius 1 is 1.86 bits per heavy atom. The van der Waals surface area contributed by atoms with Crippen molar-refractivity contribution in [1.29, 1.82) is 0 Å². The van der Waals surface area contributed by atoms with Crippen LogP contribution in [0.1, 0.15) is 0 Å². The van der Waals surface area contributed by atoms with E-state index in [1.807, 2.05) is 12.2 Å². The number of hydrogen-bond donors (Lipinski definition) is 0. The SMILES string of the molecule is C=C1C=CC1C=O. The second kappa shape index (κ2) is 1.34. The molecule has 1 unspecified atom stereocenters. The molecule has 1 rings (SSSR count). The maximum absolute atomic E-state index is 9.89. The van der Waals surface area contributed by atoms with Crippen molar-refractivity contribution in [2.75, 3.05) is 0 Å². The van der Waals surface area contributed by atoms with Crippen molar-refractivity contribution in [1.82, 2.24) is 0 Å². The quantitative estimate of drug-likeness (QED) is 0.442. The van der Waals surface area contributed by atoms with Crippen LogP contribution < -0.4 is 0 Å². The van der Waals surface area contributed by atoms with Crippen LogP contribution in [0.15, 0.2) is 24.3 Å². The van der Waals surface area contributed by atoms with Crippen molar-refractivity contribution in [3.8, 4) is 0 Å². The molecule has 0 amide bonds. The fourth-order valence-electron chi connectivity index (χ4n) is 0.476. The fraction of sp³-hybridized carbons (Fsp3) is 0.167.